The molecule has 1 aliphatic heterocycles. The summed E-state index contributed by atoms with van der Waals surface area (Å²) in [4.78, 5) is 2.50. The molecule has 2 aromatic carbocycles. The molecule has 126 valence electrons. The average molecular weight is 322 g/mol. The second-order valence-electron chi connectivity index (χ2n) is 7.61. The number of rotatable bonds is 3. The first-order chi connectivity index (χ1) is 11.6. The SMILES string of the molecule is CN1CCC2(C)c3cc(O)ccc3C[C@@H]1[C@@H]2NCc1ccccc1. The molecule has 1 fully saturated rings. The Kier molecular flexibility index (Phi) is 3.86. The van der Waals surface area contributed by atoms with E-state index < -0.39 is 0 Å². The van der Waals surface area contributed by atoms with Crippen LogP contribution in [0.2, 0.25) is 0 Å². The van der Waals surface area contributed by atoms with Crippen LogP contribution in [0.5, 0.6) is 5.75 Å². The second kappa shape index (κ2) is 5.91. The van der Waals surface area contributed by atoms with Crippen LogP contribution in [0, 0.1) is 0 Å². The summed E-state index contributed by atoms with van der Waals surface area (Å²) >= 11 is 0. The fourth-order valence-corrected chi connectivity index (χ4v) is 4.67. The minimum Gasteiger partial charge on any atom is -0.508 e. The number of nitrogens with zero attached hydrogens (tertiary/aromatic N) is 1. The first-order valence-electron chi connectivity index (χ1n) is 8.88. The maximum Gasteiger partial charge on any atom is 0.115 e. The number of likely N-dealkylation sites (tertiary alicyclic amines) is 1. The third-order valence-corrected chi connectivity index (χ3v) is 6.13. The topological polar surface area (TPSA) is 35.5 Å². The minimum atomic E-state index is 0.0677. The third-order valence-electron chi connectivity index (χ3n) is 6.13. The first-order valence-corrected chi connectivity index (χ1v) is 8.88. The predicted molar refractivity (Wildman–Crippen MR) is 97.3 cm³/mol. The molecule has 0 amide bonds. The predicted octanol–water partition coefficient (Wildman–Crippen LogP) is 3.07. The molecule has 3 heteroatoms. The Hall–Kier alpha value is -1.84. The number of aromatic hydroxyl groups is 1. The molecule has 0 radical (unpaired) electrons. The second-order valence-corrected chi connectivity index (χ2v) is 7.61. The van der Waals surface area contributed by atoms with Crippen molar-refractivity contribution in [3.63, 3.8) is 0 Å². The van der Waals surface area contributed by atoms with Gasteiger partial charge in [0.1, 0.15) is 5.75 Å². The van der Waals surface area contributed by atoms with Crippen LogP contribution in [-0.2, 0) is 18.4 Å². The summed E-state index contributed by atoms with van der Waals surface area (Å²) in [5, 5.41) is 13.9. The molecule has 24 heavy (non-hydrogen) atoms. The van der Waals surface area contributed by atoms with E-state index in [0.717, 1.165) is 25.9 Å². The Labute approximate surface area is 144 Å². The van der Waals surface area contributed by atoms with Gasteiger partial charge in [-0.1, -0.05) is 43.3 Å². The van der Waals surface area contributed by atoms with E-state index in [1.807, 2.05) is 12.1 Å². The largest absolute Gasteiger partial charge is 0.508 e. The monoisotopic (exact) mass is 322 g/mol. The standard InChI is InChI=1S/C21H26N2O/c1-21-10-11-23(2)19(12-16-8-9-17(24)13-18(16)21)20(21)22-14-15-6-4-3-5-7-15/h3-9,13,19-20,22,24H,10-12,14H2,1-2H3/t19-,20+,21?/m1/s1. The van der Waals surface area contributed by atoms with Crippen molar-refractivity contribution in [1.82, 2.24) is 10.2 Å². The lowest BCUT2D eigenvalue weighted by molar-refractivity contribution is 0.0649. The van der Waals surface area contributed by atoms with Gasteiger partial charge in [-0.15, -0.1) is 0 Å². The van der Waals surface area contributed by atoms with Gasteiger partial charge in [0.05, 0.1) is 0 Å². The highest BCUT2D eigenvalue weighted by atomic mass is 16.3. The van der Waals surface area contributed by atoms with Gasteiger partial charge < -0.3 is 15.3 Å². The summed E-state index contributed by atoms with van der Waals surface area (Å²) in [7, 11) is 2.24. The van der Waals surface area contributed by atoms with Gasteiger partial charge in [0.2, 0.25) is 0 Å². The normalized spacial score (nSPS) is 29.2. The van der Waals surface area contributed by atoms with E-state index in [9.17, 15) is 5.11 Å². The number of fused-ring (bicyclic) bond motifs is 4. The third kappa shape index (κ3) is 2.52. The molecule has 0 spiro atoms. The fourth-order valence-electron chi connectivity index (χ4n) is 4.67. The number of hydrogen-bond acceptors (Lipinski definition) is 3. The van der Waals surface area contributed by atoms with Crippen LogP contribution in [-0.4, -0.2) is 35.7 Å². The lowest BCUT2D eigenvalue weighted by Gasteiger charge is -2.55. The quantitative estimate of drug-likeness (QED) is 0.912. The fraction of sp³-hybridized carbons (Fsp3) is 0.429. The lowest BCUT2D eigenvalue weighted by Crippen LogP contribution is -2.66. The molecule has 1 saturated heterocycles. The number of piperidine rings is 1. The summed E-state index contributed by atoms with van der Waals surface area (Å²) < 4.78 is 0. The summed E-state index contributed by atoms with van der Waals surface area (Å²) in [6.07, 6.45) is 2.16. The van der Waals surface area contributed by atoms with Gasteiger partial charge in [-0.05, 0) is 55.3 Å². The van der Waals surface area contributed by atoms with E-state index in [1.165, 1.54) is 16.7 Å². The van der Waals surface area contributed by atoms with Crippen LogP contribution in [0.4, 0.5) is 0 Å². The van der Waals surface area contributed by atoms with E-state index in [-0.39, 0.29) is 5.41 Å². The smallest absolute Gasteiger partial charge is 0.115 e. The Balaban J connectivity index is 1.68. The maximum atomic E-state index is 10.0. The van der Waals surface area contributed by atoms with E-state index in [4.69, 9.17) is 0 Å². The van der Waals surface area contributed by atoms with Crippen molar-refractivity contribution >= 4 is 0 Å². The summed E-state index contributed by atoms with van der Waals surface area (Å²) in [5.41, 5.74) is 4.11. The van der Waals surface area contributed by atoms with E-state index >= 15 is 0 Å². The molecule has 0 saturated carbocycles. The van der Waals surface area contributed by atoms with E-state index in [2.05, 4.69) is 60.6 Å². The molecule has 1 heterocycles. The summed E-state index contributed by atoms with van der Waals surface area (Å²) in [5.74, 6) is 0.383. The van der Waals surface area contributed by atoms with Gasteiger partial charge in [-0.25, -0.2) is 0 Å². The molecular formula is C21H26N2O. The van der Waals surface area contributed by atoms with Crippen molar-refractivity contribution in [2.45, 2.75) is 43.8 Å². The number of phenols is 1. The van der Waals surface area contributed by atoms with Crippen LogP contribution >= 0.6 is 0 Å². The molecule has 2 aliphatic rings. The highest BCUT2D eigenvalue weighted by molar-refractivity contribution is 5.45. The van der Waals surface area contributed by atoms with Crippen molar-refractivity contribution < 1.29 is 5.11 Å². The number of phenolic OH excluding ortho intramolecular Hbond substituents is 1. The Morgan fingerprint density at radius 3 is 2.79 bits per heavy atom. The minimum absolute atomic E-state index is 0.0677. The zero-order valence-electron chi connectivity index (χ0n) is 14.5. The number of likely N-dealkylation sites (N-methyl/N-ethyl adjacent to an activating group) is 1. The Bertz CT molecular complexity index is 730. The van der Waals surface area contributed by atoms with Crippen molar-refractivity contribution in [1.29, 1.82) is 0 Å². The van der Waals surface area contributed by atoms with Crippen LogP contribution < -0.4 is 5.32 Å². The zero-order chi connectivity index (χ0) is 16.7. The Morgan fingerprint density at radius 2 is 2.00 bits per heavy atom. The molecule has 0 aromatic heterocycles. The number of nitrogens with one attached hydrogen (secondary N) is 1. The van der Waals surface area contributed by atoms with Gasteiger partial charge in [0.15, 0.2) is 0 Å². The van der Waals surface area contributed by atoms with Crippen LogP contribution in [0.15, 0.2) is 48.5 Å². The summed E-state index contributed by atoms with van der Waals surface area (Å²) in [6, 6.07) is 17.4. The van der Waals surface area contributed by atoms with Gasteiger partial charge in [0, 0.05) is 24.0 Å². The van der Waals surface area contributed by atoms with Crippen molar-refractivity contribution in [3.8, 4) is 5.75 Å². The molecule has 4 rings (SSSR count). The van der Waals surface area contributed by atoms with E-state index in [1.54, 1.807) is 0 Å². The van der Waals surface area contributed by atoms with Gasteiger partial charge >= 0.3 is 0 Å². The first kappa shape index (κ1) is 15.7. The molecule has 3 atom stereocenters. The highest BCUT2D eigenvalue weighted by Gasteiger charge is 2.49. The summed E-state index contributed by atoms with van der Waals surface area (Å²) in [6.45, 7) is 4.37. The van der Waals surface area contributed by atoms with Crippen molar-refractivity contribution in [2.75, 3.05) is 13.6 Å². The number of benzene rings is 2. The van der Waals surface area contributed by atoms with Crippen LogP contribution in [0.25, 0.3) is 0 Å². The lowest BCUT2D eigenvalue weighted by atomic mass is 9.61. The molecule has 1 unspecified atom stereocenters. The number of hydrogen-bond donors (Lipinski definition) is 2. The molecule has 2 bridgehead atoms. The van der Waals surface area contributed by atoms with Crippen molar-refractivity contribution in [3.05, 3.63) is 65.2 Å². The molecule has 1 aliphatic carbocycles. The van der Waals surface area contributed by atoms with Gasteiger partial charge in [-0.2, -0.15) is 0 Å². The van der Waals surface area contributed by atoms with Gasteiger partial charge in [-0.3, -0.25) is 0 Å². The molecule has 2 aromatic rings. The Morgan fingerprint density at radius 1 is 1.21 bits per heavy atom. The zero-order valence-corrected chi connectivity index (χ0v) is 14.5. The molecule has 2 N–H and O–H groups in total. The molecule has 3 nitrogen and oxygen atoms in total. The van der Waals surface area contributed by atoms with Crippen LogP contribution in [0.3, 0.4) is 0 Å². The van der Waals surface area contributed by atoms with Crippen LogP contribution in [0.1, 0.15) is 30.0 Å². The van der Waals surface area contributed by atoms with Crippen molar-refractivity contribution in [2.24, 2.45) is 0 Å². The van der Waals surface area contributed by atoms with Gasteiger partial charge in [0.25, 0.3) is 0 Å². The maximum absolute atomic E-state index is 10.0. The van der Waals surface area contributed by atoms with E-state index in [0.29, 0.717) is 17.8 Å². The molecular weight excluding hydrogens is 296 g/mol. The average Bonchev–Trinajstić information content (AvgIpc) is 2.59. The highest BCUT2D eigenvalue weighted by Crippen LogP contribution is 2.45.